The predicted molar refractivity (Wildman–Crippen MR) is 81.2 cm³/mol. The normalized spacial score (nSPS) is 20.1. The molecular weight excluding hydrogens is 304 g/mol. The van der Waals surface area contributed by atoms with Gasteiger partial charge in [0.2, 0.25) is 5.16 Å². The molecule has 0 bridgehead atoms. The largest absolute Gasteiger partial charge is 0.508 e. The van der Waals surface area contributed by atoms with E-state index in [1.54, 1.807) is 35.9 Å². The molecule has 2 heterocycles. The molecule has 22 heavy (non-hydrogen) atoms. The molecule has 0 aliphatic carbocycles. The van der Waals surface area contributed by atoms with Gasteiger partial charge in [-0.05, 0) is 31.5 Å². The van der Waals surface area contributed by atoms with E-state index in [9.17, 15) is 9.90 Å². The van der Waals surface area contributed by atoms with E-state index in [-0.39, 0.29) is 17.8 Å². The Kier molecular flexibility index (Phi) is 3.93. The summed E-state index contributed by atoms with van der Waals surface area (Å²) < 4.78 is 6.93. The minimum Gasteiger partial charge on any atom is -0.508 e. The molecule has 0 amide bonds. The van der Waals surface area contributed by atoms with Crippen LogP contribution in [-0.2, 0) is 9.53 Å². The number of phenolic OH excluding ortho intramolecular Hbond substituents is 1. The molecule has 2 unspecified atom stereocenters. The highest BCUT2D eigenvalue weighted by atomic mass is 32.2. The maximum Gasteiger partial charge on any atom is 0.322 e. The summed E-state index contributed by atoms with van der Waals surface area (Å²) in [5.74, 6) is 0.597. The van der Waals surface area contributed by atoms with Crippen molar-refractivity contribution in [2.75, 3.05) is 12.0 Å². The minimum atomic E-state index is -0.472. The van der Waals surface area contributed by atoms with Crippen LogP contribution in [0.15, 0.2) is 29.4 Å². The van der Waals surface area contributed by atoms with Gasteiger partial charge in [0.1, 0.15) is 16.8 Å². The molecule has 2 N–H and O–H groups in total. The lowest BCUT2D eigenvalue weighted by molar-refractivity contribution is -0.142. The van der Waals surface area contributed by atoms with Crippen LogP contribution in [0.4, 0.5) is 0 Å². The maximum atomic E-state index is 12.3. The summed E-state index contributed by atoms with van der Waals surface area (Å²) in [5, 5.41) is 17.7. The second-order valence-electron chi connectivity index (χ2n) is 4.85. The first-order chi connectivity index (χ1) is 10.6. The average molecular weight is 320 g/mol. The van der Waals surface area contributed by atoms with Crippen LogP contribution in [0.1, 0.15) is 24.4 Å². The molecule has 0 saturated heterocycles. The van der Waals surface area contributed by atoms with E-state index in [2.05, 4.69) is 15.6 Å². The summed E-state index contributed by atoms with van der Waals surface area (Å²) in [6.07, 6.45) is 0. The summed E-state index contributed by atoms with van der Waals surface area (Å²) in [4.78, 5) is 12.3. The standard InChI is InChI=1S/C14H16N4O3S/c1-3-21-13(20)12-11(9-4-6-10(19)7-5-9)17-18-8(2)15-16-14(18)22-12/h4-7,11-12,17,19H,3H2,1-2H3. The van der Waals surface area contributed by atoms with E-state index in [1.165, 1.54) is 11.8 Å². The van der Waals surface area contributed by atoms with Crippen molar-refractivity contribution in [3.63, 3.8) is 0 Å². The molecule has 0 fully saturated rings. The molecule has 3 rings (SSSR count). The molecule has 0 radical (unpaired) electrons. The van der Waals surface area contributed by atoms with E-state index >= 15 is 0 Å². The van der Waals surface area contributed by atoms with Crippen LogP contribution >= 0.6 is 11.8 Å². The Labute approximate surface area is 131 Å². The first-order valence-corrected chi connectivity index (χ1v) is 7.79. The van der Waals surface area contributed by atoms with Crippen LogP contribution in [-0.4, -0.2) is 37.8 Å². The van der Waals surface area contributed by atoms with Crippen molar-refractivity contribution >= 4 is 17.7 Å². The number of nitrogens with zero attached hydrogens (tertiary/aromatic N) is 3. The van der Waals surface area contributed by atoms with E-state index in [1.807, 2.05) is 6.92 Å². The third-order valence-electron chi connectivity index (χ3n) is 3.37. The number of fused-ring (bicyclic) bond motifs is 1. The summed E-state index contributed by atoms with van der Waals surface area (Å²) in [6, 6.07) is 6.46. The van der Waals surface area contributed by atoms with Crippen molar-refractivity contribution in [3.8, 4) is 5.75 Å². The summed E-state index contributed by atoms with van der Waals surface area (Å²) in [6.45, 7) is 3.94. The van der Waals surface area contributed by atoms with Crippen LogP contribution in [0.3, 0.4) is 0 Å². The van der Waals surface area contributed by atoms with E-state index < -0.39 is 5.25 Å². The molecule has 0 saturated carbocycles. The Morgan fingerprint density at radius 1 is 1.41 bits per heavy atom. The average Bonchev–Trinajstić information content (AvgIpc) is 2.88. The Hall–Kier alpha value is -2.22. The van der Waals surface area contributed by atoms with Crippen molar-refractivity contribution in [3.05, 3.63) is 35.7 Å². The van der Waals surface area contributed by atoms with Crippen molar-refractivity contribution in [1.29, 1.82) is 0 Å². The monoisotopic (exact) mass is 320 g/mol. The lowest BCUT2D eigenvalue weighted by Gasteiger charge is -2.32. The number of esters is 1. The SMILES string of the molecule is CCOC(=O)C1Sc2nnc(C)n2NC1c1ccc(O)cc1. The van der Waals surface area contributed by atoms with Crippen molar-refractivity contribution < 1.29 is 14.6 Å². The van der Waals surface area contributed by atoms with Gasteiger partial charge in [0.25, 0.3) is 0 Å². The summed E-state index contributed by atoms with van der Waals surface area (Å²) >= 11 is 1.32. The van der Waals surface area contributed by atoms with Crippen LogP contribution < -0.4 is 5.43 Å². The number of aromatic nitrogens is 3. The van der Waals surface area contributed by atoms with E-state index in [0.717, 1.165) is 5.56 Å². The molecule has 0 spiro atoms. The smallest absolute Gasteiger partial charge is 0.322 e. The number of aryl methyl sites for hydroxylation is 1. The quantitative estimate of drug-likeness (QED) is 0.831. The summed E-state index contributed by atoms with van der Waals surface area (Å²) in [5.41, 5.74) is 4.14. The number of hydrogen-bond acceptors (Lipinski definition) is 7. The molecule has 1 aliphatic rings. The molecule has 2 atom stereocenters. The number of nitrogens with one attached hydrogen (secondary N) is 1. The highest BCUT2D eigenvalue weighted by Crippen LogP contribution is 2.37. The molecule has 8 heteroatoms. The fourth-order valence-corrected chi connectivity index (χ4v) is 3.42. The van der Waals surface area contributed by atoms with Gasteiger partial charge in [0, 0.05) is 0 Å². The first kappa shape index (κ1) is 14.7. The topological polar surface area (TPSA) is 89.3 Å². The Morgan fingerprint density at radius 2 is 2.14 bits per heavy atom. The first-order valence-electron chi connectivity index (χ1n) is 6.91. The van der Waals surface area contributed by atoms with Crippen LogP contribution in [0.25, 0.3) is 0 Å². The zero-order valence-electron chi connectivity index (χ0n) is 12.2. The Morgan fingerprint density at radius 3 is 2.82 bits per heavy atom. The lowest BCUT2D eigenvalue weighted by Crippen LogP contribution is -2.39. The predicted octanol–water partition coefficient (Wildman–Crippen LogP) is 1.61. The summed E-state index contributed by atoms with van der Waals surface area (Å²) in [7, 11) is 0. The molecule has 116 valence electrons. The van der Waals surface area contributed by atoms with E-state index in [4.69, 9.17) is 4.74 Å². The van der Waals surface area contributed by atoms with Gasteiger partial charge in [-0.2, -0.15) is 0 Å². The molecule has 1 aromatic carbocycles. The van der Waals surface area contributed by atoms with Gasteiger partial charge in [-0.1, -0.05) is 23.9 Å². The fraction of sp³-hybridized carbons (Fsp3) is 0.357. The number of rotatable bonds is 3. The Bertz CT molecular complexity index is 686. The Balaban J connectivity index is 1.97. The zero-order chi connectivity index (χ0) is 15.7. The van der Waals surface area contributed by atoms with E-state index in [0.29, 0.717) is 17.6 Å². The molecule has 2 aromatic rings. The number of thioether (sulfide) groups is 1. The molecule has 1 aromatic heterocycles. The van der Waals surface area contributed by atoms with Gasteiger partial charge in [-0.15, -0.1) is 10.2 Å². The van der Waals surface area contributed by atoms with Gasteiger partial charge >= 0.3 is 5.97 Å². The van der Waals surface area contributed by atoms with Crippen LogP contribution in [0, 0.1) is 6.92 Å². The molecular formula is C14H16N4O3S. The second kappa shape index (κ2) is 5.88. The van der Waals surface area contributed by atoms with Gasteiger partial charge < -0.3 is 15.3 Å². The third-order valence-corrected chi connectivity index (χ3v) is 4.56. The number of aromatic hydroxyl groups is 1. The number of ether oxygens (including phenoxy) is 1. The third kappa shape index (κ3) is 2.61. The minimum absolute atomic E-state index is 0.182. The van der Waals surface area contributed by atoms with Crippen molar-refractivity contribution in [2.24, 2.45) is 0 Å². The van der Waals surface area contributed by atoms with Gasteiger partial charge in [0.05, 0.1) is 12.6 Å². The van der Waals surface area contributed by atoms with Crippen molar-refractivity contribution in [2.45, 2.75) is 30.3 Å². The zero-order valence-corrected chi connectivity index (χ0v) is 13.0. The van der Waals surface area contributed by atoms with Crippen LogP contribution in [0.5, 0.6) is 5.75 Å². The number of carbonyl (C=O) groups is 1. The van der Waals surface area contributed by atoms with Gasteiger partial charge in [-0.25, -0.2) is 4.68 Å². The number of phenols is 1. The fourth-order valence-electron chi connectivity index (χ4n) is 2.30. The molecule has 1 aliphatic heterocycles. The second-order valence-corrected chi connectivity index (χ2v) is 5.96. The lowest BCUT2D eigenvalue weighted by atomic mass is 10.0. The van der Waals surface area contributed by atoms with Gasteiger partial charge in [0.15, 0.2) is 0 Å². The molecule has 7 nitrogen and oxygen atoms in total. The van der Waals surface area contributed by atoms with Gasteiger partial charge in [-0.3, -0.25) is 4.79 Å². The number of hydrogen-bond donors (Lipinski definition) is 2. The highest BCUT2D eigenvalue weighted by Gasteiger charge is 2.38. The van der Waals surface area contributed by atoms with Crippen LogP contribution in [0.2, 0.25) is 0 Å². The number of benzene rings is 1. The van der Waals surface area contributed by atoms with Crippen molar-refractivity contribution in [1.82, 2.24) is 14.9 Å². The highest BCUT2D eigenvalue weighted by molar-refractivity contribution is 8.00. The maximum absolute atomic E-state index is 12.3. The number of carbonyl (C=O) groups excluding carboxylic acids is 1.